The standard InChI is InChI=1S/C12H12FNO2/c1-8-2-4-9(5-3-8)6-7-10(13)11(14)12(15)16/h2-5,10-11H,14H2,1H3,(H,15,16)/t10-,11+/m1/s1. The van der Waals surface area contributed by atoms with Gasteiger partial charge < -0.3 is 10.8 Å². The highest BCUT2D eigenvalue weighted by Gasteiger charge is 2.21. The van der Waals surface area contributed by atoms with Crippen molar-refractivity contribution in [2.24, 2.45) is 5.73 Å². The number of halogens is 1. The minimum atomic E-state index is -1.86. The third-order valence-electron chi connectivity index (χ3n) is 2.01. The van der Waals surface area contributed by atoms with Gasteiger partial charge in [-0.15, -0.1) is 0 Å². The van der Waals surface area contributed by atoms with E-state index in [4.69, 9.17) is 10.8 Å². The van der Waals surface area contributed by atoms with Gasteiger partial charge in [0.05, 0.1) is 0 Å². The van der Waals surface area contributed by atoms with Crippen LogP contribution in [0.4, 0.5) is 4.39 Å². The number of rotatable bonds is 2. The third kappa shape index (κ3) is 3.37. The lowest BCUT2D eigenvalue weighted by Crippen LogP contribution is -2.38. The van der Waals surface area contributed by atoms with Crippen molar-refractivity contribution >= 4 is 5.97 Å². The molecule has 0 aliphatic carbocycles. The number of benzene rings is 1. The minimum absolute atomic E-state index is 0.630. The van der Waals surface area contributed by atoms with E-state index in [9.17, 15) is 9.18 Å². The van der Waals surface area contributed by atoms with Gasteiger partial charge in [0.25, 0.3) is 0 Å². The van der Waals surface area contributed by atoms with Crippen LogP contribution in [0.3, 0.4) is 0 Å². The second-order valence-electron chi connectivity index (χ2n) is 3.40. The fourth-order valence-electron chi connectivity index (χ4n) is 1.00. The van der Waals surface area contributed by atoms with Crippen LogP contribution in [0.15, 0.2) is 24.3 Å². The molecule has 0 aliphatic heterocycles. The number of aliphatic carboxylic acids is 1. The molecule has 1 aromatic carbocycles. The van der Waals surface area contributed by atoms with Gasteiger partial charge in [-0.25, -0.2) is 4.39 Å². The van der Waals surface area contributed by atoms with Gasteiger partial charge in [-0.3, -0.25) is 4.79 Å². The van der Waals surface area contributed by atoms with Crippen LogP contribution in [0.5, 0.6) is 0 Å². The summed E-state index contributed by atoms with van der Waals surface area (Å²) in [6.07, 6.45) is -1.86. The Labute approximate surface area is 93.1 Å². The molecule has 0 saturated carbocycles. The Kier molecular flexibility index (Phi) is 4.03. The lowest BCUT2D eigenvalue weighted by molar-refractivity contribution is -0.139. The predicted octanol–water partition coefficient (Wildman–Crippen LogP) is 1.10. The van der Waals surface area contributed by atoms with Crippen molar-refractivity contribution < 1.29 is 14.3 Å². The quantitative estimate of drug-likeness (QED) is 0.735. The monoisotopic (exact) mass is 221 g/mol. The molecule has 0 amide bonds. The first-order valence-electron chi connectivity index (χ1n) is 4.71. The van der Waals surface area contributed by atoms with Gasteiger partial charge in [0, 0.05) is 5.56 Å². The number of carboxylic acids is 1. The molecule has 3 N–H and O–H groups in total. The van der Waals surface area contributed by atoms with E-state index in [-0.39, 0.29) is 0 Å². The molecular formula is C12H12FNO2. The van der Waals surface area contributed by atoms with Crippen molar-refractivity contribution in [3.8, 4) is 11.8 Å². The van der Waals surface area contributed by atoms with E-state index in [2.05, 4.69) is 11.8 Å². The highest BCUT2D eigenvalue weighted by atomic mass is 19.1. The first kappa shape index (κ1) is 12.2. The predicted molar refractivity (Wildman–Crippen MR) is 58.6 cm³/mol. The minimum Gasteiger partial charge on any atom is -0.480 e. The number of hydrogen-bond donors (Lipinski definition) is 2. The highest BCUT2D eigenvalue weighted by molar-refractivity contribution is 5.74. The Morgan fingerprint density at radius 2 is 2.00 bits per heavy atom. The number of carboxylic acid groups (broad SMARTS) is 1. The average Bonchev–Trinajstić information content (AvgIpc) is 2.26. The molecule has 0 heterocycles. The van der Waals surface area contributed by atoms with Crippen molar-refractivity contribution in [3.63, 3.8) is 0 Å². The molecule has 0 unspecified atom stereocenters. The van der Waals surface area contributed by atoms with E-state index in [1.54, 1.807) is 12.1 Å². The topological polar surface area (TPSA) is 63.3 Å². The number of alkyl halides is 1. The van der Waals surface area contributed by atoms with Crippen LogP contribution in [0.25, 0.3) is 0 Å². The van der Waals surface area contributed by atoms with Gasteiger partial charge in [0.15, 0.2) is 6.17 Å². The molecule has 4 heteroatoms. The van der Waals surface area contributed by atoms with Gasteiger partial charge in [-0.2, -0.15) is 0 Å². The molecule has 0 aromatic heterocycles. The lowest BCUT2D eigenvalue weighted by Gasteiger charge is -2.04. The summed E-state index contributed by atoms with van der Waals surface area (Å²) >= 11 is 0. The number of aryl methyl sites for hydroxylation is 1. The van der Waals surface area contributed by atoms with Gasteiger partial charge in [-0.1, -0.05) is 29.5 Å². The molecule has 3 nitrogen and oxygen atoms in total. The molecule has 2 atom stereocenters. The second-order valence-corrected chi connectivity index (χ2v) is 3.40. The second kappa shape index (κ2) is 5.29. The van der Waals surface area contributed by atoms with Crippen molar-refractivity contribution in [2.45, 2.75) is 19.1 Å². The first-order chi connectivity index (χ1) is 7.50. The Morgan fingerprint density at radius 1 is 1.44 bits per heavy atom. The zero-order valence-electron chi connectivity index (χ0n) is 8.77. The number of hydrogen-bond acceptors (Lipinski definition) is 2. The summed E-state index contributed by atoms with van der Waals surface area (Å²) in [5.74, 6) is 3.32. The zero-order chi connectivity index (χ0) is 12.1. The molecule has 1 rings (SSSR count). The largest absolute Gasteiger partial charge is 0.480 e. The molecule has 0 radical (unpaired) electrons. The van der Waals surface area contributed by atoms with Gasteiger partial charge in [-0.05, 0) is 19.1 Å². The molecule has 0 bridgehead atoms. The summed E-state index contributed by atoms with van der Waals surface area (Å²) in [4.78, 5) is 10.4. The summed E-state index contributed by atoms with van der Waals surface area (Å²) in [6.45, 7) is 1.93. The summed E-state index contributed by atoms with van der Waals surface area (Å²) in [7, 11) is 0. The molecule has 16 heavy (non-hydrogen) atoms. The van der Waals surface area contributed by atoms with E-state index < -0.39 is 18.2 Å². The van der Waals surface area contributed by atoms with Crippen LogP contribution < -0.4 is 5.73 Å². The molecule has 1 aromatic rings. The zero-order valence-corrected chi connectivity index (χ0v) is 8.77. The van der Waals surface area contributed by atoms with Crippen LogP contribution in [0, 0.1) is 18.8 Å². The van der Waals surface area contributed by atoms with Crippen LogP contribution in [0.1, 0.15) is 11.1 Å². The Hall–Kier alpha value is -1.86. The normalized spacial score (nSPS) is 13.4. The maximum Gasteiger partial charge on any atom is 0.324 e. The lowest BCUT2D eigenvalue weighted by atomic mass is 10.1. The van der Waals surface area contributed by atoms with Crippen LogP contribution >= 0.6 is 0 Å². The van der Waals surface area contributed by atoms with Crippen molar-refractivity contribution in [1.29, 1.82) is 0 Å². The van der Waals surface area contributed by atoms with Crippen molar-refractivity contribution in [1.82, 2.24) is 0 Å². The maximum atomic E-state index is 13.1. The summed E-state index contributed by atoms with van der Waals surface area (Å²) in [5, 5.41) is 8.45. The fourth-order valence-corrected chi connectivity index (χ4v) is 1.00. The Balaban J connectivity index is 2.74. The van der Waals surface area contributed by atoms with Crippen molar-refractivity contribution in [2.75, 3.05) is 0 Å². The van der Waals surface area contributed by atoms with E-state index in [0.717, 1.165) is 5.56 Å². The van der Waals surface area contributed by atoms with E-state index in [0.29, 0.717) is 5.56 Å². The highest BCUT2D eigenvalue weighted by Crippen LogP contribution is 2.02. The summed E-state index contributed by atoms with van der Waals surface area (Å²) < 4.78 is 13.1. The van der Waals surface area contributed by atoms with Gasteiger partial charge in [0.2, 0.25) is 0 Å². The molecule has 0 saturated heterocycles. The van der Waals surface area contributed by atoms with Gasteiger partial charge in [0.1, 0.15) is 6.04 Å². The smallest absolute Gasteiger partial charge is 0.324 e. The molecule has 0 spiro atoms. The van der Waals surface area contributed by atoms with E-state index in [1.807, 2.05) is 19.1 Å². The number of carbonyl (C=O) groups is 1. The maximum absolute atomic E-state index is 13.1. The molecule has 0 aliphatic rings. The third-order valence-corrected chi connectivity index (χ3v) is 2.01. The number of nitrogens with two attached hydrogens (primary N) is 1. The van der Waals surface area contributed by atoms with E-state index >= 15 is 0 Å². The molecule has 84 valence electrons. The Bertz CT molecular complexity index is 431. The molecular weight excluding hydrogens is 209 g/mol. The first-order valence-corrected chi connectivity index (χ1v) is 4.71. The SMILES string of the molecule is Cc1ccc(C#C[C@@H](F)[C@H](N)C(=O)O)cc1. The Morgan fingerprint density at radius 3 is 2.50 bits per heavy atom. The summed E-state index contributed by atoms with van der Waals surface area (Å²) in [6, 6.07) is 5.56. The van der Waals surface area contributed by atoms with Crippen molar-refractivity contribution in [3.05, 3.63) is 35.4 Å². The van der Waals surface area contributed by atoms with Gasteiger partial charge >= 0.3 is 5.97 Å². The molecule has 0 fully saturated rings. The fraction of sp³-hybridized carbons (Fsp3) is 0.250. The van der Waals surface area contributed by atoms with E-state index in [1.165, 1.54) is 0 Å². The summed E-state index contributed by atoms with van der Waals surface area (Å²) in [5.41, 5.74) is 6.78. The van der Waals surface area contributed by atoms with Crippen LogP contribution in [-0.2, 0) is 4.79 Å². The van der Waals surface area contributed by atoms with Crippen LogP contribution in [-0.4, -0.2) is 23.3 Å². The van der Waals surface area contributed by atoms with Crippen LogP contribution in [0.2, 0.25) is 0 Å². The average molecular weight is 221 g/mol.